The minimum absolute atomic E-state index is 0.0160. The first kappa shape index (κ1) is 15.0. The number of hydrogen-bond acceptors (Lipinski definition) is 4. The van der Waals surface area contributed by atoms with E-state index in [0.717, 1.165) is 5.06 Å². The Labute approximate surface area is 111 Å². The fourth-order valence-electron chi connectivity index (χ4n) is 1.51. The van der Waals surface area contributed by atoms with Gasteiger partial charge < -0.3 is 10.2 Å². The molecular weight excluding hydrogens is 250 g/mol. The minimum Gasteiger partial charge on any atom is -0.508 e. The summed E-state index contributed by atoms with van der Waals surface area (Å²) in [5, 5.41) is 19.2. The van der Waals surface area contributed by atoms with Crippen LogP contribution in [-0.2, 0) is 14.4 Å². The number of aliphatic carboxylic acids is 1. The molecule has 1 amide bonds. The van der Waals surface area contributed by atoms with Crippen molar-refractivity contribution >= 4 is 12.4 Å². The van der Waals surface area contributed by atoms with Gasteiger partial charge in [-0.2, -0.15) is 0 Å². The normalized spacial score (nSPS) is 12.8. The lowest BCUT2D eigenvalue weighted by Gasteiger charge is -2.30. The SMILES string of the molecule is CC(C)(C)ON(C=O)[C@@H](C(=O)O)c1ccc(O)cc1. The van der Waals surface area contributed by atoms with Crippen molar-refractivity contribution in [2.45, 2.75) is 32.4 Å². The van der Waals surface area contributed by atoms with Gasteiger partial charge in [0.05, 0.1) is 5.60 Å². The summed E-state index contributed by atoms with van der Waals surface area (Å²) in [5.41, 5.74) is -0.368. The van der Waals surface area contributed by atoms with Crippen molar-refractivity contribution in [2.24, 2.45) is 0 Å². The maximum Gasteiger partial charge on any atom is 0.333 e. The zero-order valence-corrected chi connectivity index (χ0v) is 11.0. The summed E-state index contributed by atoms with van der Waals surface area (Å²) in [4.78, 5) is 27.7. The van der Waals surface area contributed by atoms with Gasteiger partial charge in [-0.25, -0.2) is 9.86 Å². The Bertz CT molecular complexity index is 449. The number of hydroxylamine groups is 2. The van der Waals surface area contributed by atoms with Gasteiger partial charge in [0.15, 0.2) is 6.04 Å². The summed E-state index contributed by atoms with van der Waals surface area (Å²) in [6, 6.07) is 4.29. The molecule has 104 valence electrons. The van der Waals surface area contributed by atoms with E-state index >= 15 is 0 Å². The molecule has 6 heteroatoms. The highest BCUT2D eigenvalue weighted by Gasteiger charge is 2.30. The standard InChI is InChI=1S/C13H17NO5/c1-13(2,3)19-14(8-15)11(12(17)18)9-4-6-10(16)7-5-9/h4-8,11,16H,1-3H3,(H,17,18)/t11-/m1/s1. The van der Waals surface area contributed by atoms with Gasteiger partial charge in [-0.15, -0.1) is 0 Å². The van der Waals surface area contributed by atoms with Crippen LogP contribution in [0.2, 0.25) is 0 Å². The fraction of sp³-hybridized carbons (Fsp3) is 0.385. The number of phenolic OH excluding ortho intramolecular Hbond substituents is 1. The van der Waals surface area contributed by atoms with Crippen LogP contribution in [0.25, 0.3) is 0 Å². The number of carbonyl (C=O) groups is 2. The first-order valence-electron chi connectivity index (χ1n) is 5.69. The van der Waals surface area contributed by atoms with Crippen molar-refractivity contribution < 1.29 is 24.6 Å². The molecule has 0 bridgehead atoms. The third kappa shape index (κ3) is 4.26. The van der Waals surface area contributed by atoms with Crippen LogP contribution in [0.4, 0.5) is 0 Å². The topological polar surface area (TPSA) is 87.1 Å². The van der Waals surface area contributed by atoms with E-state index in [0.29, 0.717) is 12.0 Å². The molecule has 1 aromatic rings. The van der Waals surface area contributed by atoms with E-state index in [1.54, 1.807) is 20.8 Å². The predicted octanol–water partition coefficient (Wildman–Crippen LogP) is 1.71. The van der Waals surface area contributed by atoms with Crippen LogP contribution in [0.3, 0.4) is 0 Å². The van der Waals surface area contributed by atoms with Gasteiger partial charge in [-0.3, -0.25) is 9.63 Å². The van der Waals surface area contributed by atoms with E-state index in [-0.39, 0.29) is 5.75 Å². The van der Waals surface area contributed by atoms with E-state index in [1.165, 1.54) is 24.3 Å². The van der Waals surface area contributed by atoms with Gasteiger partial charge in [-0.1, -0.05) is 12.1 Å². The Balaban J connectivity index is 3.08. The second-order valence-electron chi connectivity index (χ2n) is 5.00. The Morgan fingerprint density at radius 2 is 1.84 bits per heavy atom. The van der Waals surface area contributed by atoms with Crippen molar-refractivity contribution in [1.29, 1.82) is 0 Å². The van der Waals surface area contributed by atoms with Crippen molar-refractivity contribution in [1.82, 2.24) is 5.06 Å². The molecule has 0 unspecified atom stereocenters. The van der Waals surface area contributed by atoms with Crippen LogP contribution in [0, 0.1) is 0 Å². The number of carboxylic acids is 1. The highest BCUT2D eigenvalue weighted by atomic mass is 16.7. The van der Waals surface area contributed by atoms with Crippen molar-refractivity contribution in [3.05, 3.63) is 29.8 Å². The van der Waals surface area contributed by atoms with Crippen molar-refractivity contribution in [3.63, 3.8) is 0 Å². The monoisotopic (exact) mass is 267 g/mol. The smallest absolute Gasteiger partial charge is 0.333 e. The number of benzene rings is 1. The average molecular weight is 267 g/mol. The Morgan fingerprint density at radius 3 is 2.21 bits per heavy atom. The Hall–Kier alpha value is -2.08. The highest BCUT2D eigenvalue weighted by molar-refractivity contribution is 5.77. The Kier molecular flexibility index (Phi) is 4.50. The molecule has 1 aromatic carbocycles. The van der Waals surface area contributed by atoms with Gasteiger partial charge in [0.1, 0.15) is 5.75 Å². The number of nitrogens with zero attached hydrogens (tertiary/aromatic N) is 1. The molecule has 0 aliphatic heterocycles. The van der Waals surface area contributed by atoms with Crippen LogP contribution < -0.4 is 0 Å². The van der Waals surface area contributed by atoms with E-state index in [9.17, 15) is 19.8 Å². The molecule has 19 heavy (non-hydrogen) atoms. The first-order chi connectivity index (χ1) is 8.74. The van der Waals surface area contributed by atoms with Gasteiger partial charge in [0, 0.05) is 0 Å². The summed E-state index contributed by atoms with van der Waals surface area (Å²) >= 11 is 0. The van der Waals surface area contributed by atoms with Crippen LogP contribution in [-0.4, -0.2) is 33.3 Å². The third-order valence-electron chi connectivity index (χ3n) is 2.18. The first-order valence-corrected chi connectivity index (χ1v) is 5.69. The molecule has 2 N–H and O–H groups in total. The molecule has 0 fully saturated rings. The van der Waals surface area contributed by atoms with Gasteiger partial charge in [-0.05, 0) is 38.5 Å². The number of amides is 1. The zero-order chi connectivity index (χ0) is 14.6. The Morgan fingerprint density at radius 1 is 1.32 bits per heavy atom. The van der Waals surface area contributed by atoms with Crippen molar-refractivity contribution in [3.8, 4) is 5.75 Å². The molecule has 0 aliphatic carbocycles. The lowest BCUT2D eigenvalue weighted by atomic mass is 10.1. The van der Waals surface area contributed by atoms with Gasteiger partial charge >= 0.3 is 5.97 Å². The van der Waals surface area contributed by atoms with E-state index in [1.807, 2.05) is 0 Å². The number of hydrogen-bond donors (Lipinski definition) is 2. The number of aromatic hydroxyl groups is 1. The lowest BCUT2D eigenvalue weighted by molar-refractivity contribution is -0.236. The van der Waals surface area contributed by atoms with Gasteiger partial charge in [0.25, 0.3) is 0 Å². The number of phenols is 1. The molecular formula is C13H17NO5. The zero-order valence-electron chi connectivity index (χ0n) is 11.0. The third-order valence-corrected chi connectivity index (χ3v) is 2.18. The molecule has 0 saturated carbocycles. The van der Waals surface area contributed by atoms with E-state index in [4.69, 9.17) is 4.84 Å². The highest BCUT2D eigenvalue weighted by Crippen LogP contribution is 2.25. The summed E-state index contributed by atoms with van der Waals surface area (Å²) in [5.74, 6) is -1.20. The van der Waals surface area contributed by atoms with Crippen molar-refractivity contribution in [2.75, 3.05) is 0 Å². The second kappa shape index (κ2) is 5.71. The summed E-state index contributed by atoms with van der Waals surface area (Å²) < 4.78 is 0. The van der Waals surface area contributed by atoms with E-state index in [2.05, 4.69) is 0 Å². The number of rotatable bonds is 5. The summed E-state index contributed by atoms with van der Waals surface area (Å²) in [7, 11) is 0. The molecule has 0 aliphatic rings. The van der Waals surface area contributed by atoms with Crippen LogP contribution in [0.1, 0.15) is 32.4 Å². The predicted molar refractivity (Wildman–Crippen MR) is 67.2 cm³/mol. The molecule has 0 radical (unpaired) electrons. The summed E-state index contributed by atoms with van der Waals surface area (Å²) in [6.07, 6.45) is 0.330. The lowest BCUT2D eigenvalue weighted by Crippen LogP contribution is -2.39. The number of carbonyl (C=O) groups excluding carboxylic acids is 1. The molecule has 0 saturated heterocycles. The quantitative estimate of drug-likeness (QED) is 0.626. The average Bonchev–Trinajstić information content (AvgIpc) is 2.28. The van der Waals surface area contributed by atoms with Crippen LogP contribution in [0.15, 0.2) is 24.3 Å². The molecule has 0 heterocycles. The molecule has 1 atom stereocenters. The molecule has 1 rings (SSSR count). The maximum atomic E-state index is 11.3. The molecule has 6 nitrogen and oxygen atoms in total. The number of carboxylic acid groups (broad SMARTS) is 1. The maximum absolute atomic E-state index is 11.3. The van der Waals surface area contributed by atoms with Crippen LogP contribution >= 0.6 is 0 Å². The second-order valence-corrected chi connectivity index (χ2v) is 5.00. The summed E-state index contributed by atoms with van der Waals surface area (Å²) in [6.45, 7) is 5.12. The van der Waals surface area contributed by atoms with Gasteiger partial charge in [0.2, 0.25) is 6.41 Å². The molecule has 0 aromatic heterocycles. The largest absolute Gasteiger partial charge is 0.508 e. The molecule has 0 spiro atoms. The fourth-order valence-corrected chi connectivity index (χ4v) is 1.51. The van der Waals surface area contributed by atoms with Crippen LogP contribution in [0.5, 0.6) is 5.75 Å². The van der Waals surface area contributed by atoms with E-state index < -0.39 is 17.6 Å². The minimum atomic E-state index is -1.27.